The average molecular weight is 234 g/mol. The van der Waals surface area contributed by atoms with Crippen molar-refractivity contribution in [3.63, 3.8) is 0 Å². The maximum atomic E-state index is 4.45. The predicted octanol–water partition coefficient (Wildman–Crippen LogP) is 3.24. The minimum absolute atomic E-state index is 0.576. The summed E-state index contributed by atoms with van der Waals surface area (Å²) in [6.07, 6.45) is 1.94. The van der Waals surface area contributed by atoms with Crippen molar-refractivity contribution in [2.45, 2.75) is 20.4 Å². The first-order valence-corrected chi connectivity index (χ1v) is 6.37. The fourth-order valence-electron chi connectivity index (χ4n) is 1.87. The number of thiol groups is 1. The van der Waals surface area contributed by atoms with Crippen molar-refractivity contribution in [2.75, 3.05) is 5.75 Å². The van der Waals surface area contributed by atoms with Crippen molar-refractivity contribution in [1.82, 2.24) is 9.78 Å². The SMILES string of the molecule is CC(C)C(CS)Cn1ncc2ccccc21. The Bertz CT molecular complexity index is 462. The maximum Gasteiger partial charge on any atom is 0.0682 e. The van der Waals surface area contributed by atoms with E-state index in [9.17, 15) is 0 Å². The molecule has 86 valence electrons. The van der Waals surface area contributed by atoms with E-state index in [1.54, 1.807) is 0 Å². The summed E-state index contributed by atoms with van der Waals surface area (Å²) in [5.41, 5.74) is 1.22. The topological polar surface area (TPSA) is 17.8 Å². The smallest absolute Gasteiger partial charge is 0.0682 e. The van der Waals surface area contributed by atoms with Gasteiger partial charge in [0.25, 0.3) is 0 Å². The number of fused-ring (bicyclic) bond motifs is 1. The quantitative estimate of drug-likeness (QED) is 0.804. The summed E-state index contributed by atoms with van der Waals surface area (Å²) < 4.78 is 2.09. The molecule has 2 nitrogen and oxygen atoms in total. The number of nitrogens with zero attached hydrogens (tertiary/aromatic N) is 2. The van der Waals surface area contributed by atoms with Gasteiger partial charge in [-0.3, -0.25) is 4.68 Å². The van der Waals surface area contributed by atoms with Gasteiger partial charge in [-0.2, -0.15) is 17.7 Å². The lowest BCUT2D eigenvalue weighted by molar-refractivity contribution is 0.361. The van der Waals surface area contributed by atoms with Gasteiger partial charge in [0.1, 0.15) is 0 Å². The van der Waals surface area contributed by atoms with E-state index in [-0.39, 0.29) is 0 Å². The summed E-state index contributed by atoms with van der Waals surface area (Å²) in [4.78, 5) is 0. The van der Waals surface area contributed by atoms with Crippen LogP contribution in [0.1, 0.15) is 13.8 Å². The van der Waals surface area contributed by atoms with Crippen molar-refractivity contribution < 1.29 is 0 Å². The number of aromatic nitrogens is 2. The minimum Gasteiger partial charge on any atom is -0.265 e. The number of para-hydroxylation sites is 1. The summed E-state index contributed by atoms with van der Waals surface area (Å²) in [6, 6.07) is 8.33. The van der Waals surface area contributed by atoms with Crippen LogP contribution in [0.5, 0.6) is 0 Å². The lowest BCUT2D eigenvalue weighted by atomic mass is 9.98. The molecule has 16 heavy (non-hydrogen) atoms. The minimum atomic E-state index is 0.576. The van der Waals surface area contributed by atoms with Gasteiger partial charge in [-0.15, -0.1) is 0 Å². The van der Waals surface area contributed by atoms with Gasteiger partial charge in [0.05, 0.1) is 11.7 Å². The molecule has 1 heterocycles. The summed E-state index contributed by atoms with van der Waals surface area (Å²) >= 11 is 4.42. The zero-order valence-electron chi connectivity index (χ0n) is 9.80. The Hall–Kier alpha value is -0.960. The zero-order valence-corrected chi connectivity index (χ0v) is 10.7. The third-order valence-corrected chi connectivity index (χ3v) is 3.60. The van der Waals surface area contributed by atoms with Crippen LogP contribution < -0.4 is 0 Å². The van der Waals surface area contributed by atoms with E-state index in [1.807, 2.05) is 12.3 Å². The first-order valence-electron chi connectivity index (χ1n) is 5.73. The normalized spacial score (nSPS) is 13.5. The highest BCUT2D eigenvalue weighted by Gasteiger charge is 2.13. The van der Waals surface area contributed by atoms with E-state index >= 15 is 0 Å². The van der Waals surface area contributed by atoms with Crippen molar-refractivity contribution in [3.05, 3.63) is 30.5 Å². The van der Waals surface area contributed by atoms with Crippen LogP contribution in [-0.4, -0.2) is 15.5 Å². The molecule has 0 aliphatic heterocycles. The molecular formula is C13H18N2S. The molecule has 0 aliphatic rings. The summed E-state index contributed by atoms with van der Waals surface area (Å²) in [7, 11) is 0. The van der Waals surface area contributed by atoms with Gasteiger partial charge in [-0.05, 0) is 23.7 Å². The Morgan fingerprint density at radius 1 is 1.31 bits per heavy atom. The number of hydrogen-bond acceptors (Lipinski definition) is 2. The third kappa shape index (κ3) is 2.24. The van der Waals surface area contributed by atoms with E-state index in [4.69, 9.17) is 0 Å². The monoisotopic (exact) mass is 234 g/mol. The van der Waals surface area contributed by atoms with E-state index in [2.05, 4.69) is 54.5 Å². The first kappa shape index (κ1) is 11.5. The van der Waals surface area contributed by atoms with E-state index < -0.39 is 0 Å². The molecule has 0 fully saturated rings. The first-order chi connectivity index (χ1) is 7.72. The molecule has 0 amide bonds. The van der Waals surface area contributed by atoms with E-state index in [1.165, 1.54) is 10.9 Å². The second kappa shape index (κ2) is 4.91. The molecule has 2 aromatic rings. The highest BCUT2D eigenvalue weighted by molar-refractivity contribution is 7.80. The van der Waals surface area contributed by atoms with Crippen LogP contribution in [0.4, 0.5) is 0 Å². The Morgan fingerprint density at radius 2 is 2.06 bits per heavy atom. The van der Waals surface area contributed by atoms with Crippen LogP contribution in [0, 0.1) is 11.8 Å². The van der Waals surface area contributed by atoms with Crippen LogP contribution in [0.15, 0.2) is 30.5 Å². The van der Waals surface area contributed by atoms with Gasteiger partial charge in [-0.25, -0.2) is 0 Å². The van der Waals surface area contributed by atoms with Gasteiger partial charge in [0, 0.05) is 11.9 Å². The molecule has 0 radical (unpaired) electrons. The van der Waals surface area contributed by atoms with Crippen LogP contribution >= 0.6 is 12.6 Å². The predicted molar refractivity (Wildman–Crippen MR) is 71.9 cm³/mol. The van der Waals surface area contributed by atoms with Gasteiger partial charge in [-0.1, -0.05) is 32.0 Å². The Labute approximate surface area is 102 Å². The maximum absolute atomic E-state index is 4.45. The van der Waals surface area contributed by atoms with Crippen LogP contribution in [0.3, 0.4) is 0 Å². The number of benzene rings is 1. The number of rotatable bonds is 4. The fraction of sp³-hybridized carbons (Fsp3) is 0.462. The van der Waals surface area contributed by atoms with Crippen molar-refractivity contribution in [2.24, 2.45) is 11.8 Å². The highest BCUT2D eigenvalue weighted by Crippen LogP contribution is 2.19. The zero-order chi connectivity index (χ0) is 11.5. The van der Waals surface area contributed by atoms with Crippen molar-refractivity contribution in [3.8, 4) is 0 Å². The Morgan fingerprint density at radius 3 is 2.75 bits per heavy atom. The number of hydrogen-bond donors (Lipinski definition) is 1. The van der Waals surface area contributed by atoms with Crippen LogP contribution in [0.25, 0.3) is 10.9 Å². The van der Waals surface area contributed by atoms with Crippen LogP contribution in [-0.2, 0) is 6.54 Å². The molecule has 2 rings (SSSR count). The van der Waals surface area contributed by atoms with Crippen molar-refractivity contribution >= 4 is 23.5 Å². The van der Waals surface area contributed by atoms with Gasteiger partial charge in [0.2, 0.25) is 0 Å². The average Bonchev–Trinajstić information content (AvgIpc) is 2.69. The fourth-order valence-corrected chi connectivity index (χ4v) is 2.41. The molecule has 3 heteroatoms. The Kier molecular flexibility index (Phi) is 3.54. The molecule has 1 unspecified atom stereocenters. The van der Waals surface area contributed by atoms with E-state index in [0.29, 0.717) is 11.8 Å². The Balaban J connectivity index is 2.27. The second-order valence-corrected chi connectivity index (χ2v) is 4.94. The van der Waals surface area contributed by atoms with Gasteiger partial charge >= 0.3 is 0 Å². The molecule has 0 spiro atoms. The molecule has 0 saturated carbocycles. The summed E-state index contributed by atoms with van der Waals surface area (Å²) in [5, 5.41) is 5.66. The molecule has 0 bridgehead atoms. The molecule has 1 atom stereocenters. The largest absolute Gasteiger partial charge is 0.265 e. The standard InChI is InChI=1S/C13H18N2S/c1-10(2)12(9-16)8-15-13-6-4-3-5-11(13)7-14-15/h3-7,10,12,16H,8-9H2,1-2H3. The molecule has 0 aliphatic carbocycles. The lowest BCUT2D eigenvalue weighted by Crippen LogP contribution is -2.18. The molecule has 0 N–H and O–H groups in total. The van der Waals surface area contributed by atoms with Crippen LogP contribution in [0.2, 0.25) is 0 Å². The van der Waals surface area contributed by atoms with E-state index in [0.717, 1.165) is 12.3 Å². The molecular weight excluding hydrogens is 216 g/mol. The highest BCUT2D eigenvalue weighted by atomic mass is 32.1. The van der Waals surface area contributed by atoms with Gasteiger partial charge in [0.15, 0.2) is 0 Å². The third-order valence-electron chi connectivity index (χ3n) is 3.14. The second-order valence-electron chi connectivity index (χ2n) is 4.57. The summed E-state index contributed by atoms with van der Waals surface area (Å²) in [5.74, 6) is 2.12. The van der Waals surface area contributed by atoms with Crippen molar-refractivity contribution in [1.29, 1.82) is 0 Å². The summed E-state index contributed by atoms with van der Waals surface area (Å²) in [6.45, 7) is 5.44. The molecule has 1 aromatic heterocycles. The lowest BCUT2D eigenvalue weighted by Gasteiger charge is -2.18. The van der Waals surface area contributed by atoms with Gasteiger partial charge < -0.3 is 0 Å². The molecule has 0 saturated heterocycles. The molecule has 1 aromatic carbocycles.